The van der Waals surface area contributed by atoms with Crippen LogP contribution < -0.4 is 4.74 Å². The fourth-order valence-electron chi connectivity index (χ4n) is 1.42. The highest BCUT2D eigenvalue weighted by atomic mass is 19.1. The topological polar surface area (TPSA) is 45.9 Å². The van der Waals surface area contributed by atoms with Gasteiger partial charge in [0, 0.05) is 17.8 Å². The molecule has 3 nitrogen and oxygen atoms in total. The Hall–Kier alpha value is -2.48. The number of rotatable bonds is 2. The number of ether oxygens (including phenoxy) is 1. The number of benzene rings is 1. The maximum atomic E-state index is 13.4. The van der Waals surface area contributed by atoms with Crippen molar-refractivity contribution in [1.82, 2.24) is 4.98 Å². The second-order valence-electron chi connectivity index (χ2n) is 3.62. The minimum Gasteiger partial charge on any atom is -0.436 e. The van der Waals surface area contributed by atoms with Crippen LogP contribution in [-0.2, 0) is 0 Å². The van der Waals surface area contributed by atoms with E-state index in [-0.39, 0.29) is 11.6 Å². The van der Waals surface area contributed by atoms with Crippen molar-refractivity contribution in [3.63, 3.8) is 0 Å². The van der Waals surface area contributed by atoms with E-state index in [0.717, 1.165) is 18.2 Å². The van der Waals surface area contributed by atoms with Crippen LogP contribution >= 0.6 is 0 Å². The van der Waals surface area contributed by atoms with E-state index >= 15 is 0 Å². The van der Waals surface area contributed by atoms with Crippen molar-refractivity contribution < 1.29 is 13.5 Å². The minimum atomic E-state index is -0.696. The van der Waals surface area contributed by atoms with Crippen LogP contribution in [0.5, 0.6) is 11.6 Å². The Morgan fingerprint density at radius 1 is 1.22 bits per heavy atom. The summed E-state index contributed by atoms with van der Waals surface area (Å²) in [5.74, 6) is -1.52. The zero-order valence-corrected chi connectivity index (χ0v) is 9.45. The molecule has 0 atom stereocenters. The van der Waals surface area contributed by atoms with Gasteiger partial charge in [0.1, 0.15) is 5.82 Å². The molecule has 0 aliphatic carbocycles. The van der Waals surface area contributed by atoms with Crippen molar-refractivity contribution in [3.8, 4) is 17.7 Å². The highest BCUT2D eigenvalue weighted by Gasteiger charge is 2.08. The van der Waals surface area contributed by atoms with Crippen molar-refractivity contribution >= 4 is 0 Å². The zero-order chi connectivity index (χ0) is 13.1. The summed E-state index contributed by atoms with van der Waals surface area (Å²) in [6.45, 7) is 1.68. The van der Waals surface area contributed by atoms with Crippen LogP contribution in [0.3, 0.4) is 0 Å². The Morgan fingerprint density at radius 3 is 2.72 bits per heavy atom. The van der Waals surface area contributed by atoms with Gasteiger partial charge in [0.05, 0.1) is 11.6 Å². The Morgan fingerprint density at radius 2 is 2.00 bits per heavy atom. The third-order valence-corrected chi connectivity index (χ3v) is 2.17. The second-order valence-corrected chi connectivity index (χ2v) is 3.62. The molecule has 0 radical (unpaired) electrons. The number of pyridine rings is 1. The predicted molar refractivity (Wildman–Crippen MR) is 60.1 cm³/mol. The number of hydrogen-bond donors (Lipinski definition) is 0. The van der Waals surface area contributed by atoms with Gasteiger partial charge in [0.25, 0.3) is 0 Å². The van der Waals surface area contributed by atoms with Gasteiger partial charge in [-0.2, -0.15) is 5.26 Å². The van der Waals surface area contributed by atoms with Gasteiger partial charge in [-0.05, 0) is 25.1 Å². The van der Waals surface area contributed by atoms with Crippen LogP contribution in [0, 0.1) is 29.9 Å². The number of aryl methyl sites for hydroxylation is 1. The first kappa shape index (κ1) is 12.0. The number of hydrogen-bond acceptors (Lipinski definition) is 3. The molecule has 2 rings (SSSR count). The quantitative estimate of drug-likeness (QED) is 0.816. The van der Waals surface area contributed by atoms with Crippen molar-refractivity contribution in [2.75, 3.05) is 0 Å². The summed E-state index contributed by atoms with van der Waals surface area (Å²) < 4.78 is 31.4. The van der Waals surface area contributed by atoms with Crippen molar-refractivity contribution in [2.24, 2.45) is 0 Å². The molecule has 1 aromatic carbocycles. The molecular formula is C13H8F2N2O. The Kier molecular flexibility index (Phi) is 3.20. The summed E-state index contributed by atoms with van der Waals surface area (Å²) in [5, 5.41) is 8.78. The molecule has 0 saturated carbocycles. The lowest BCUT2D eigenvalue weighted by molar-refractivity contribution is 0.421. The van der Waals surface area contributed by atoms with Gasteiger partial charge >= 0.3 is 0 Å². The zero-order valence-electron chi connectivity index (χ0n) is 9.45. The van der Waals surface area contributed by atoms with Crippen LogP contribution in [0.25, 0.3) is 0 Å². The summed E-state index contributed by atoms with van der Waals surface area (Å²) in [7, 11) is 0. The van der Waals surface area contributed by atoms with E-state index in [1.165, 1.54) is 6.07 Å². The fourth-order valence-corrected chi connectivity index (χ4v) is 1.42. The molecule has 1 aromatic heterocycles. The van der Waals surface area contributed by atoms with E-state index < -0.39 is 11.6 Å². The normalized spacial score (nSPS) is 9.89. The van der Waals surface area contributed by atoms with Gasteiger partial charge in [0.2, 0.25) is 5.88 Å². The molecule has 0 N–H and O–H groups in total. The molecular weight excluding hydrogens is 238 g/mol. The van der Waals surface area contributed by atoms with Crippen molar-refractivity contribution in [3.05, 3.63) is 53.2 Å². The number of aromatic nitrogens is 1. The van der Waals surface area contributed by atoms with Crippen LogP contribution in [0.1, 0.15) is 11.3 Å². The van der Waals surface area contributed by atoms with Crippen LogP contribution in [0.4, 0.5) is 8.78 Å². The van der Waals surface area contributed by atoms with E-state index in [1.807, 2.05) is 6.07 Å². The average Bonchev–Trinajstić information content (AvgIpc) is 2.33. The largest absolute Gasteiger partial charge is 0.436 e. The molecule has 0 spiro atoms. The summed E-state index contributed by atoms with van der Waals surface area (Å²) in [6, 6.07) is 7.73. The van der Waals surface area contributed by atoms with Gasteiger partial charge in [-0.15, -0.1) is 0 Å². The monoisotopic (exact) mass is 246 g/mol. The third kappa shape index (κ3) is 2.61. The lowest BCUT2D eigenvalue weighted by Gasteiger charge is -2.06. The molecule has 18 heavy (non-hydrogen) atoms. The summed E-state index contributed by atoms with van der Waals surface area (Å²) >= 11 is 0. The van der Waals surface area contributed by atoms with Crippen molar-refractivity contribution in [1.29, 1.82) is 5.26 Å². The molecule has 0 fully saturated rings. The van der Waals surface area contributed by atoms with E-state index in [0.29, 0.717) is 11.3 Å². The highest BCUT2D eigenvalue weighted by molar-refractivity contribution is 5.36. The van der Waals surface area contributed by atoms with Gasteiger partial charge in [-0.25, -0.2) is 13.8 Å². The fraction of sp³-hybridized carbons (Fsp3) is 0.0769. The molecule has 0 aliphatic heterocycles. The molecule has 0 bridgehead atoms. The molecule has 0 saturated heterocycles. The lowest BCUT2D eigenvalue weighted by Crippen LogP contribution is -1.94. The summed E-state index contributed by atoms with van der Waals surface area (Å²) in [5.41, 5.74) is 0.898. The number of nitrogens with zero attached hydrogens (tertiary/aromatic N) is 2. The Bertz CT molecular complexity index is 635. The van der Waals surface area contributed by atoms with Crippen LogP contribution in [0.15, 0.2) is 30.3 Å². The van der Waals surface area contributed by atoms with E-state index in [4.69, 9.17) is 10.00 Å². The van der Waals surface area contributed by atoms with Gasteiger partial charge in [-0.3, -0.25) is 0 Å². The summed E-state index contributed by atoms with van der Waals surface area (Å²) in [4.78, 5) is 3.99. The number of nitriles is 1. The van der Waals surface area contributed by atoms with Gasteiger partial charge < -0.3 is 4.74 Å². The predicted octanol–water partition coefficient (Wildman–Crippen LogP) is 3.33. The van der Waals surface area contributed by atoms with E-state index in [1.54, 1.807) is 13.0 Å². The molecule has 0 amide bonds. The first-order valence-corrected chi connectivity index (χ1v) is 5.10. The smallest absolute Gasteiger partial charge is 0.220 e. The Balaban J connectivity index is 2.37. The van der Waals surface area contributed by atoms with Crippen LogP contribution in [-0.4, -0.2) is 4.98 Å². The SMILES string of the molecule is Cc1cc(C#N)cc(Oc2cc(F)ccc2F)n1. The molecule has 2 aromatic rings. The second kappa shape index (κ2) is 4.80. The molecule has 5 heteroatoms. The lowest BCUT2D eigenvalue weighted by atomic mass is 10.2. The first-order valence-electron chi connectivity index (χ1n) is 5.10. The highest BCUT2D eigenvalue weighted by Crippen LogP contribution is 2.24. The first-order chi connectivity index (χ1) is 8.58. The number of halogens is 2. The van der Waals surface area contributed by atoms with Gasteiger partial charge in [-0.1, -0.05) is 0 Å². The molecule has 90 valence electrons. The van der Waals surface area contributed by atoms with Crippen LogP contribution in [0.2, 0.25) is 0 Å². The van der Waals surface area contributed by atoms with E-state index in [2.05, 4.69) is 4.98 Å². The maximum Gasteiger partial charge on any atom is 0.220 e. The van der Waals surface area contributed by atoms with E-state index in [9.17, 15) is 8.78 Å². The molecule has 0 aliphatic rings. The Labute approximate surface area is 102 Å². The molecule has 1 heterocycles. The van der Waals surface area contributed by atoms with Crippen molar-refractivity contribution in [2.45, 2.75) is 6.92 Å². The maximum absolute atomic E-state index is 13.4. The standard InChI is InChI=1S/C13H8F2N2O/c1-8-4-9(7-16)5-13(17-8)18-12-6-10(14)2-3-11(12)15/h2-6H,1H3. The van der Waals surface area contributed by atoms with Gasteiger partial charge in [0.15, 0.2) is 11.6 Å². The minimum absolute atomic E-state index is 0.0519. The summed E-state index contributed by atoms with van der Waals surface area (Å²) in [6.07, 6.45) is 0. The average molecular weight is 246 g/mol. The molecule has 0 unspecified atom stereocenters. The third-order valence-electron chi connectivity index (χ3n) is 2.17.